The molecule has 3 aliphatic rings. The van der Waals surface area contributed by atoms with Gasteiger partial charge in [0, 0.05) is 45.2 Å². The molecule has 3 fully saturated rings. The monoisotopic (exact) mass is 390 g/mol. The highest BCUT2D eigenvalue weighted by molar-refractivity contribution is 5.89. The number of amides is 2. The third kappa shape index (κ3) is 4.93. The highest BCUT2D eigenvalue weighted by Crippen LogP contribution is 2.30. The molecule has 0 aromatic heterocycles. The molecule has 2 saturated heterocycles. The summed E-state index contributed by atoms with van der Waals surface area (Å²) in [7, 11) is 0. The molecule has 2 atom stereocenters. The quantitative estimate of drug-likeness (QED) is 0.739. The second-order valence-electron chi connectivity index (χ2n) is 7.76. The highest BCUT2D eigenvalue weighted by atomic mass is 19.4. The number of nitrogens with zero attached hydrogens (tertiary/aromatic N) is 2. The zero-order chi connectivity index (χ0) is 19.4. The van der Waals surface area contributed by atoms with Crippen LogP contribution in [-0.2, 0) is 9.59 Å². The molecule has 3 rings (SSSR count). The molecule has 154 valence electrons. The molecular formula is C18H29F3N4O2. The summed E-state index contributed by atoms with van der Waals surface area (Å²) in [4.78, 5) is 28.2. The van der Waals surface area contributed by atoms with E-state index in [-0.39, 0.29) is 11.8 Å². The maximum absolute atomic E-state index is 13.5. The molecule has 2 aliphatic heterocycles. The smallest absolute Gasteiger partial charge is 0.352 e. The van der Waals surface area contributed by atoms with Gasteiger partial charge in [-0.05, 0) is 25.7 Å². The van der Waals surface area contributed by atoms with Gasteiger partial charge in [0.05, 0.1) is 0 Å². The van der Waals surface area contributed by atoms with Crippen molar-refractivity contribution in [3.8, 4) is 0 Å². The van der Waals surface area contributed by atoms with Gasteiger partial charge < -0.3 is 15.5 Å². The van der Waals surface area contributed by atoms with Gasteiger partial charge in [-0.2, -0.15) is 13.2 Å². The molecule has 6 nitrogen and oxygen atoms in total. The molecule has 2 amide bonds. The van der Waals surface area contributed by atoms with Crippen LogP contribution in [0.2, 0.25) is 0 Å². The topological polar surface area (TPSA) is 64.7 Å². The zero-order valence-corrected chi connectivity index (χ0v) is 15.6. The van der Waals surface area contributed by atoms with E-state index in [0.717, 1.165) is 32.1 Å². The summed E-state index contributed by atoms with van der Waals surface area (Å²) in [6.07, 6.45) is 0.592. The third-order valence-electron chi connectivity index (χ3n) is 5.98. The van der Waals surface area contributed by atoms with Gasteiger partial charge >= 0.3 is 6.18 Å². The number of rotatable bonds is 5. The molecule has 1 saturated carbocycles. The van der Waals surface area contributed by atoms with Crippen molar-refractivity contribution in [1.82, 2.24) is 20.4 Å². The Balaban J connectivity index is 1.58. The molecular weight excluding hydrogens is 361 g/mol. The van der Waals surface area contributed by atoms with Crippen LogP contribution in [0.4, 0.5) is 13.2 Å². The molecule has 0 bridgehead atoms. The molecule has 0 radical (unpaired) electrons. The van der Waals surface area contributed by atoms with Crippen molar-refractivity contribution in [3.05, 3.63) is 0 Å². The lowest BCUT2D eigenvalue weighted by molar-refractivity contribution is -0.184. The number of halogens is 3. The van der Waals surface area contributed by atoms with E-state index < -0.39 is 30.7 Å². The average molecular weight is 390 g/mol. The number of carbonyl (C=O) groups is 2. The number of carbonyl (C=O) groups excluding carboxylic acids is 2. The normalized spacial score (nSPS) is 26.3. The van der Waals surface area contributed by atoms with E-state index >= 15 is 0 Å². The zero-order valence-electron chi connectivity index (χ0n) is 15.6. The van der Waals surface area contributed by atoms with Crippen molar-refractivity contribution in [3.63, 3.8) is 0 Å². The van der Waals surface area contributed by atoms with E-state index in [9.17, 15) is 22.8 Å². The van der Waals surface area contributed by atoms with E-state index in [4.69, 9.17) is 0 Å². The van der Waals surface area contributed by atoms with Crippen molar-refractivity contribution in [2.75, 3.05) is 39.3 Å². The van der Waals surface area contributed by atoms with Gasteiger partial charge in [-0.15, -0.1) is 0 Å². The van der Waals surface area contributed by atoms with Gasteiger partial charge in [0.15, 0.2) is 0 Å². The number of alkyl halides is 3. The molecule has 0 spiro atoms. The molecule has 1 aliphatic carbocycles. The Morgan fingerprint density at radius 3 is 2.33 bits per heavy atom. The summed E-state index contributed by atoms with van der Waals surface area (Å²) in [6, 6.07) is -2.32. The van der Waals surface area contributed by atoms with Crippen LogP contribution in [0.1, 0.15) is 38.5 Å². The lowest BCUT2D eigenvalue weighted by Gasteiger charge is -2.36. The predicted molar refractivity (Wildman–Crippen MR) is 94.0 cm³/mol. The standard InChI is InChI=1S/C18H29F3N4O2/c19-18(20,21)15(24-10-7-22-8-11-24)12-23-16(26)14-6-3-9-25(14)17(27)13-4-1-2-5-13/h13-15,22H,1-12H2,(H,23,26). The van der Waals surface area contributed by atoms with Crippen LogP contribution in [0.15, 0.2) is 0 Å². The van der Waals surface area contributed by atoms with Crippen LogP contribution in [0.5, 0.6) is 0 Å². The Labute approximate surface area is 157 Å². The van der Waals surface area contributed by atoms with Crippen LogP contribution in [0.25, 0.3) is 0 Å². The first-order valence-corrected chi connectivity index (χ1v) is 9.97. The van der Waals surface area contributed by atoms with Crippen LogP contribution in [0, 0.1) is 5.92 Å². The number of hydrogen-bond donors (Lipinski definition) is 2. The molecule has 9 heteroatoms. The summed E-state index contributed by atoms with van der Waals surface area (Å²) in [5.74, 6) is -0.481. The summed E-state index contributed by atoms with van der Waals surface area (Å²) in [5.41, 5.74) is 0. The van der Waals surface area contributed by atoms with Gasteiger partial charge in [-0.3, -0.25) is 14.5 Å². The Kier molecular flexibility index (Phi) is 6.62. The minimum Gasteiger partial charge on any atom is -0.352 e. The van der Waals surface area contributed by atoms with Crippen molar-refractivity contribution in [1.29, 1.82) is 0 Å². The minimum absolute atomic E-state index is 0.000346. The number of likely N-dealkylation sites (tertiary alicyclic amines) is 1. The van der Waals surface area contributed by atoms with Crippen molar-refractivity contribution in [2.24, 2.45) is 5.92 Å². The maximum Gasteiger partial charge on any atom is 0.405 e. The van der Waals surface area contributed by atoms with Crippen molar-refractivity contribution in [2.45, 2.75) is 56.8 Å². The Morgan fingerprint density at radius 2 is 1.70 bits per heavy atom. The largest absolute Gasteiger partial charge is 0.405 e. The number of nitrogens with one attached hydrogen (secondary N) is 2. The molecule has 2 N–H and O–H groups in total. The predicted octanol–water partition coefficient (Wildman–Crippen LogP) is 1.12. The third-order valence-corrected chi connectivity index (χ3v) is 5.98. The average Bonchev–Trinajstić information content (AvgIpc) is 3.33. The second-order valence-corrected chi connectivity index (χ2v) is 7.76. The second kappa shape index (κ2) is 8.77. The molecule has 2 heterocycles. The van der Waals surface area contributed by atoms with E-state index in [1.54, 1.807) is 4.90 Å². The van der Waals surface area contributed by atoms with Gasteiger partial charge in [0.25, 0.3) is 0 Å². The lowest BCUT2D eigenvalue weighted by Crippen LogP contribution is -2.58. The fourth-order valence-corrected chi connectivity index (χ4v) is 4.47. The van der Waals surface area contributed by atoms with Gasteiger partial charge in [-0.25, -0.2) is 0 Å². The summed E-state index contributed by atoms with van der Waals surface area (Å²) >= 11 is 0. The van der Waals surface area contributed by atoms with E-state index in [0.29, 0.717) is 39.1 Å². The Bertz CT molecular complexity index is 531. The first kappa shape index (κ1) is 20.4. The van der Waals surface area contributed by atoms with Crippen LogP contribution in [-0.4, -0.2) is 79.1 Å². The number of hydrogen-bond acceptors (Lipinski definition) is 4. The van der Waals surface area contributed by atoms with Crippen molar-refractivity contribution >= 4 is 11.8 Å². The lowest BCUT2D eigenvalue weighted by atomic mass is 10.1. The first-order valence-electron chi connectivity index (χ1n) is 9.97. The fraction of sp³-hybridized carbons (Fsp3) is 0.889. The van der Waals surface area contributed by atoms with Crippen LogP contribution < -0.4 is 10.6 Å². The summed E-state index contributed by atoms with van der Waals surface area (Å²) in [5, 5.41) is 5.52. The van der Waals surface area contributed by atoms with Gasteiger partial charge in [0.2, 0.25) is 11.8 Å². The molecule has 0 aromatic rings. The minimum atomic E-state index is -4.40. The molecule has 27 heavy (non-hydrogen) atoms. The first-order chi connectivity index (χ1) is 12.9. The summed E-state index contributed by atoms with van der Waals surface area (Å²) < 4.78 is 40.4. The van der Waals surface area contributed by atoms with E-state index in [1.165, 1.54) is 4.90 Å². The van der Waals surface area contributed by atoms with E-state index in [1.807, 2.05) is 0 Å². The van der Waals surface area contributed by atoms with Gasteiger partial charge in [-0.1, -0.05) is 12.8 Å². The SMILES string of the molecule is O=C(NCC(N1CCNCC1)C(F)(F)F)C1CCCN1C(=O)C1CCCC1. The Hall–Kier alpha value is -1.35. The summed E-state index contributed by atoms with van der Waals surface area (Å²) in [6.45, 7) is 1.67. The van der Waals surface area contributed by atoms with Crippen molar-refractivity contribution < 1.29 is 22.8 Å². The van der Waals surface area contributed by atoms with Crippen LogP contribution >= 0.6 is 0 Å². The van der Waals surface area contributed by atoms with Gasteiger partial charge in [0.1, 0.15) is 12.1 Å². The fourth-order valence-electron chi connectivity index (χ4n) is 4.47. The van der Waals surface area contributed by atoms with E-state index in [2.05, 4.69) is 10.6 Å². The van der Waals surface area contributed by atoms with Crippen LogP contribution in [0.3, 0.4) is 0 Å². The number of piperazine rings is 1. The molecule has 2 unspecified atom stereocenters. The molecule has 0 aromatic carbocycles. The highest BCUT2D eigenvalue weighted by Gasteiger charge is 2.45. The maximum atomic E-state index is 13.5. The Morgan fingerprint density at radius 1 is 1.04 bits per heavy atom.